The van der Waals surface area contributed by atoms with Crippen LogP contribution in [0, 0.1) is 12.3 Å². The molecule has 1 fully saturated rings. The minimum Gasteiger partial charge on any atom is -0.348 e. The summed E-state index contributed by atoms with van der Waals surface area (Å²) in [5.41, 5.74) is 5.01. The summed E-state index contributed by atoms with van der Waals surface area (Å²) in [4.78, 5) is 21.7. The number of nitrogens with one attached hydrogen (secondary N) is 2. The van der Waals surface area contributed by atoms with Gasteiger partial charge in [-0.15, -0.1) is 11.3 Å². The molecular formula is C24H34N8OS. The summed E-state index contributed by atoms with van der Waals surface area (Å²) >= 11 is 1.71. The molecule has 4 rings (SSSR count). The molecular weight excluding hydrogens is 448 g/mol. The number of aryl methyl sites for hydroxylation is 1. The number of nitrogens with zero attached hydrogens (tertiary/aromatic N) is 5. The SMILES string of the molecule is Cc1cc(-c2[nH]nc(-c3cnc(C4CCN(CC(=O)N(C)C)CC4)s3)c2C(C)C)cn(N)c1=N. The van der Waals surface area contributed by atoms with Crippen LogP contribution in [0.15, 0.2) is 18.5 Å². The van der Waals surface area contributed by atoms with Crippen LogP contribution < -0.4 is 11.3 Å². The number of H-pyrrole nitrogens is 1. The summed E-state index contributed by atoms with van der Waals surface area (Å²) in [5.74, 6) is 6.81. The second-order valence-electron chi connectivity index (χ2n) is 9.58. The number of amides is 1. The van der Waals surface area contributed by atoms with E-state index in [-0.39, 0.29) is 11.8 Å². The highest BCUT2D eigenvalue weighted by Gasteiger charge is 2.26. The molecule has 1 saturated heterocycles. The van der Waals surface area contributed by atoms with Crippen molar-refractivity contribution in [3.05, 3.63) is 40.1 Å². The largest absolute Gasteiger partial charge is 0.348 e. The number of nitrogens with two attached hydrogens (primary N) is 1. The minimum atomic E-state index is 0.151. The van der Waals surface area contributed by atoms with E-state index >= 15 is 0 Å². The van der Waals surface area contributed by atoms with Gasteiger partial charge in [0.25, 0.3) is 0 Å². The number of thiazole rings is 1. The number of likely N-dealkylation sites (tertiary alicyclic amines) is 1. The molecule has 0 atom stereocenters. The summed E-state index contributed by atoms with van der Waals surface area (Å²) in [6.45, 7) is 8.51. The maximum atomic E-state index is 12.0. The molecule has 3 aromatic heterocycles. The second-order valence-corrected chi connectivity index (χ2v) is 10.6. The number of likely N-dealkylation sites (N-methyl/N-ethyl adjacent to an activating group) is 1. The highest BCUT2D eigenvalue weighted by Crippen LogP contribution is 2.40. The Morgan fingerprint density at radius 1 is 1.35 bits per heavy atom. The van der Waals surface area contributed by atoms with E-state index in [1.165, 1.54) is 4.68 Å². The Balaban J connectivity index is 1.55. The zero-order chi connectivity index (χ0) is 24.6. The van der Waals surface area contributed by atoms with Gasteiger partial charge in [-0.25, -0.2) is 4.98 Å². The zero-order valence-electron chi connectivity index (χ0n) is 20.6. The molecule has 0 spiro atoms. The van der Waals surface area contributed by atoms with Gasteiger partial charge < -0.3 is 10.7 Å². The maximum absolute atomic E-state index is 12.0. The van der Waals surface area contributed by atoms with Crippen LogP contribution in [-0.2, 0) is 4.79 Å². The molecule has 4 heterocycles. The van der Waals surface area contributed by atoms with E-state index < -0.39 is 0 Å². The maximum Gasteiger partial charge on any atom is 0.236 e. The fourth-order valence-electron chi connectivity index (χ4n) is 4.47. The van der Waals surface area contributed by atoms with Gasteiger partial charge >= 0.3 is 0 Å². The van der Waals surface area contributed by atoms with E-state index in [1.54, 1.807) is 36.5 Å². The molecule has 0 unspecified atom stereocenters. The van der Waals surface area contributed by atoms with Gasteiger partial charge in [0.2, 0.25) is 5.91 Å². The smallest absolute Gasteiger partial charge is 0.236 e. The molecule has 4 N–H and O–H groups in total. The Kier molecular flexibility index (Phi) is 6.90. The van der Waals surface area contributed by atoms with Crippen molar-refractivity contribution < 1.29 is 4.79 Å². The van der Waals surface area contributed by atoms with Crippen LogP contribution in [0.2, 0.25) is 0 Å². The van der Waals surface area contributed by atoms with Gasteiger partial charge in [0.1, 0.15) is 11.2 Å². The second kappa shape index (κ2) is 9.71. The number of hydrogen-bond donors (Lipinski definition) is 3. The molecule has 3 aromatic rings. The van der Waals surface area contributed by atoms with E-state index in [0.717, 1.165) is 63.9 Å². The Hall–Kier alpha value is -2.98. The first-order chi connectivity index (χ1) is 16.2. The van der Waals surface area contributed by atoms with Gasteiger partial charge in [-0.2, -0.15) is 5.10 Å². The van der Waals surface area contributed by atoms with Crippen molar-refractivity contribution >= 4 is 17.2 Å². The van der Waals surface area contributed by atoms with Gasteiger partial charge in [0.05, 0.1) is 22.1 Å². The lowest BCUT2D eigenvalue weighted by Gasteiger charge is -2.31. The van der Waals surface area contributed by atoms with Crippen molar-refractivity contribution in [1.82, 2.24) is 29.7 Å². The third kappa shape index (κ3) is 4.78. The van der Waals surface area contributed by atoms with Crippen molar-refractivity contribution in [2.45, 2.75) is 45.4 Å². The lowest BCUT2D eigenvalue weighted by Crippen LogP contribution is -2.40. The van der Waals surface area contributed by atoms with E-state index in [4.69, 9.17) is 16.2 Å². The predicted octanol–water partition coefficient (Wildman–Crippen LogP) is 2.89. The first-order valence-corrected chi connectivity index (χ1v) is 12.5. The van der Waals surface area contributed by atoms with Gasteiger partial charge in [-0.1, -0.05) is 13.8 Å². The third-order valence-electron chi connectivity index (χ3n) is 6.50. The highest BCUT2D eigenvalue weighted by atomic mass is 32.1. The van der Waals surface area contributed by atoms with Crippen LogP contribution in [0.3, 0.4) is 0 Å². The van der Waals surface area contributed by atoms with Crippen LogP contribution >= 0.6 is 11.3 Å². The summed E-state index contributed by atoms with van der Waals surface area (Å²) in [6.07, 6.45) is 5.72. The highest BCUT2D eigenvalue weighted by molar-refractivity contribution is 7.15. The van der Waals surface area contributed by atoms with Crippen LogP contribution in [0.5, 0.6) is 0 Å². The fourth-order valence-corrected chi connectivity index (χ4v) is 5.56. The number of aromatic amines is 1. The molecule has 0 saturated carbocycles. The summed E-state index contributed by atoms with van der Waals surface area (Å²) < 4.78 is 1.35. The number of pyridine rings is 1. The van der Waals surface area contributed by atoms with Crippen molar-refractivity contribution in [3.8, 4) is 21.8 Å². The number of carbonyl (C=O) groups excluding carboxylic acids is 1. The topological polar surface area (TPSA) is 120 Å². The average molecular weight is 483 g/mol. The molecule has 0 aromatic carbocycles. The quantitative estimate of drug-likeness (QED) is 0.467. The Bertz CT molecular complexity index is 1200. The van der Waals surface area contributed by atoms with Gasteiger partial charge in [0, 0.05) is 43.5 Å². The van der Waals surface area contributed by atoms with E-state index in [9.17, 15) is 4.79 Å². The molecule has 9 nitrogen and oxygen atoms in total. The summed E-state index contributed by atoms with van der Waals surface area (Å²) in [5, 5.41) is 17.1. The summed E-state index contributed by atoms with van der Waals surface area (Å²) in [7, 11) is 3.61. The Morgan fingerprint density at radius 3 is 2.68 bits per heavy atom. The van der Waals surface area contributed by atoms with Crippen LogP contribution in [-0.4, -0.2) is 69.3 Å². The molecule has 10 heteroatoms. The minimum absolute atomic E-state index is 0.151. The van der Waals surface area contributed by atoms with Gasteiger partial charge in [-0.05, 0) is 50.4 Å². The lowest BCUT2D eigenvalue weighted by atomic mass is 9.96. The normalized spacial score (nSPS) is 15.2. The average Bonchev–Trinajstić information content (AvgIpc) is 3.45. The fraction of sp³-hybridized carbons (Fsp3) is 0.500. The number of rotatable bonds is 6. The monoisotopic (exact) mass is 482 g/mol. The Labute approximate surface area is 204 Å². The number of hydrogen-bond acceptors (Lipinski definition) is 7. The molecule has 1 amide bonds. The van der Waals surface area contributed by atoms with E-state index in [1.807, 2.05) is 19.2 Å². The first kappa shape index (κ1) is 24.2. The van der Waals surface area contributed by atoms with Crippen molar-refractivity contribution in [2.75, 3.05) is 39.6 Å². The van der Waals surface area contributed by atoms with Gasteiger partial charge in [0.15, 0.2) is 0 Å². The van der Waals surface area contributed by atoms with Gasteiger partial charge in [-0.3, -0.25) is 24.9 Å². The Morgan fingerprint density at radius 2 is 2.06 bits per heavy atom. The number of aromatic nitrogens is 4. The van der Waals surface area contributed by atoms with E-state index in [2.05, 4.69) is 28.9 Å². The molecule has 182 valence electrons. The number of piperidine rings is 1. The standard InChI is InChI=1S/C24H34N8OS/c1-14(2)20-21(17-10-15(3)23(25)32(26)12-17)28-29-22(20)18-11-27-24(34-18)16-6-8-31(9-7-16)13-19(33)30(4)5/h10-12,14,16,25H,6-9,13,26H2,1-5H3,(H,28,29). The first-order valence-electron chi connectivity index (χ1n) is 11.7. The number of carbonyl (C=O) groups is 1. The van der Waals surface area contributed by atoms with Crippen molar-refractivity contribution in [3.63, 3.8) is 0 Å². The van der Waals surface area contributed by atoms with Crippen LogP contribution in [0.4, 0.5) is 0 Å². The third-order valence-corrected chi connectivity index (χ3v) is 7.67. The molecule has 0 bridgehead atoms. The summed E-state index contributed by atoms with van der Waals surface area (Å²) in [6, 6.07) is 1.97. The van der Waals surface area contributed by atoms with Crippen molar-refractivity contribution in [2.24, 2.45) is 0 Å². The number of nitrogen functional groups attached to an aromatic ring is 1. The zero-order valence-corrected chi connectivity index (χ0v) is 21.4. The van der Waals surface area contributed by atoms with Crippen LogP contribution in [0.1, 0.15) is 54.7 Å². The van der Waals surface area contributed by atoms with E-state index in [0.29, 0.717) is 18.0 Å². The predicted molar refractivity (Wildman–Crippen MR) is 135 cm³/mol. The molecule has 34 heavy (non-hydrogen) atoms. The molecule has 1 aliphatic heterocycles. The molecule has 0 aliphatic carbocycles. The lowest BCUT2D eigenvalue weighted by molar-refractivity contribution is -0.130. The molecule has 1 aliphatic rings. The van der Waals surface area contributed by atoms with Crippen LogP contribution in [0.25, 0.3) is 21.8 Å². The molecule has 0 radical (unpaired) electrons. The van der Waals surface area contributed by atoms with Crippen molar-refractivity contribution in [1.29, 1.82) is 5.41 Å².